The highest BCUT2D eigenvalue weighted by atomic mass is 16.6. The largest absolute Gasteiger partial charge is 0.450 e. The molecule has 0 atom stereocenters. The minimum atomic E-state index is -0.293. The van der Waals surface area contributed by atoms with E-state index in [1.54, 1.807) is 16.7 Å². The Kier molecular flexibility index (Phi) is 4.88. The number of ether oxygens (including phenoxy) is 1. The first kappa shape index (κ1) is 12.6. The van der Waals surface area contributed by atoms with E-state index in [0.29, 0.717) is 39.3 Å². The van der Waals surface area contributed by atoms with E-state index in [2.05, 4.69) is 5.32 Å². The molecule has 0 aromatic heterocycles. The third kappa shape index (κ3) is 3.29. The molecule has 0 aromatic carbocycles. The average molecular weight is 229 g/mol. The molecule has 0 bridgehead atoms. The van der Waals surface area contributed by atoms with Crippen molar-refractivity contribution in [2.24, 2.45) is 0 Å². The normalized spacial score (nSPS) is 15.9. The van der Waals surface area contributed by atoms with Crippen molar-refractivity contribution in [3.63, 3.8) is 0 Å². The van der Waals surface area contributed by atoms with Crippen molar-refractivity contribution >= 4 is 12.1 Å². The maximum absolute atomic E-state index is 11.5. The van der Waals surface area contributed by atoms with Gasteiger partial charge >= 0.3 is 12.1 Å². The second-order valence-corrected chi connectivity index (χ2v) is 3.51. The molecule has 1 heterocycles. The van der Waals surface area contributed by atoms with E-state index in [9.17, 15) is 9.59 Å². The topological polar surface area (TPSA) is 61.9 Å². The molecule has 3 amide bonds. The van der Waals surface area contributed by atoms with Crippen molar-refractivity contribution in [3.8, 4) is 0 Å². The minimum Gasteiger partial charge on any atom is -0.450 e. The van der Waals surface area contributed by atoms with Crippen LogP contribution in [-0.2, 0) is 4.74 Å². The average Bonchev–Trinajstić information content (AvgIpc) is 2.30. The van der Waals surface area contributed by atoms with Crippen LogP contribution in [0.3, 0.4) is 0 Å². The summed E-state index contributed by atoms with van der Waals surface area (Å²) in [6.45, 7) is 6.86. The Morgan fingerprint density at radius 2 is 1.69 bits per heavy atom. The number of rotatable bonds is 2. The zero-order valence-electron chi connectivity index (χ0n) is 9.86. The highest BCUT2D eigenvalue weighted by Gasteiger charge is 2.24. The van der Waals surface area contributed by atoms with E-state index < -0.39 is 0 Å². The number of hydrogen-bond donors (Lipinski definition) is 1. The van der Waals surface area contributed by atoms with Crippen LogP contribution >= 0.6 is 0 Å². The van der Waals surface area contributed by atoms with E-state index in [0.717, 1.165) is 0 Å². The summed E-state index contributed by atoms with van der Waals surface area (Å²) < 4.78 is 4.89. The van der Waals surface area contributed by atoms with Crippen molar-refractivity contribution in [3.05, 3.63) is 0 Å². The van der Waals surface area contributed by atoms with Crippen LogP contribution in [0.15, 0.2) is 0 Å². The van der Waals surface area contributed by atoms with E-state index in [1.165, 1.54) is 0 Å². The molecule has 0 spiro atoms. The van der Waals surface area contributed by atoms with Gasteiger partial charge in [0, 0.05) is 32.7 Å². The number of urea groups is 1. The summed E-state index contributed by atoms with van der Waals surface area (Å²) in [7, 11) is 0. The maximum atomic E-state index is 11.5. The zero-order chi connectivity index (χ0) is 12.0. The Bertz CT molecular complexity index is 224. The predicted octanol–water partition coefficient (Wildman–Crippen LogP) is 0.490. The van der Waals surface area contributed by atoms with Gasteiger partial charge in [-0.3, -0.25) is 0 Å². The molecule has 1 saturated heterocycles. The Balaban J connectivity index is 2.33. The molecule has 1 fully saturated rings. The van der Waals surface area contributed by atoms with E-state index in [4.69, 9.17) is 4.74 Å². The van der Waals surface area contributed by atoms with Crippen LogP contribution in [0.1, 0.15) is 13.8 Å². The summed E-state index contributed by atoms with van der Waals surface area (Å²) in [5.41, 5.74) is 0. The third-order valence-electron chi connectivity index (χ3n) is 2.42. The highest BCUT2D eigenvalue weighted by Crippen LogP contribution is 2.03. The van der Waals surface area contributed by atoms with Gasteiger partial charge in [0.1, 0.15) is 0 Å². The summed E-state index contributed by atoms with van der Waals surface area (Å²) >= 11 is 0. The lowest BCUT2D eigenvalue weighted by molar-refractivity contribution is 0.0853. The molecule has 92 valence electrons. The number of hydrogen-bond acceptors (Lipinski definition) is 3. The lowest BCUT2D eigenvalue weighted by Gasteiger charge is -2.33. The van der Waals surface area contributed by atoms with Gasteiger partial charge in [-0.25, -0.2) is 9.59 Å². The molecule has 1 rings (SSSR count). The second kappa shape index (κ2) is 6.19. The van der Waals surface area contributed by atoms with Crippen LogP contribution < -0.4 is 5.32 Å². The molecule has 0 aliphatic carbocycles. The number of carbonyl (C=O) groups is 2. The Hall–Kier alpha value is -1.46. The summed E-state index contributed by atoms with van der Waals surface area (Å²) in [5, 5.41) is 2.74. The lowest BCUT2D eigenvalue weighted by Crippen LogP contribution is -2.53. The van der Waals surface area contributed by atoms with Crippen LogP contribution in [0.4, 0.5) is 9.59 Å². The van der Waals surface area contributed by atoms with Gasteiger partial charge in [-0.05, 0) is 13.8 Å². The van der Waals surface area contributed by atoms with E-state index in [-0.39, 0.29) is 12.1 Å². The van der Waals surface area contributed by atoms with E-state index >= 15 is 0 Å². The molecule has 6 nitrogen and oxygen atoms in total. The first-order valence-electron chi connectivity index (χ1n) is 5.63. The van der Waals surface area contributed by atoms with Gasteiger partial charge in [0.25, 0.3) is 0 Å². The van der Waals surface area contributed by atoms with Crippen LogP contribution in [0.25, 0.3) is 0 Å². The molecule has 1 N–H and O–H groups in total. The minimum absolute atomic E-state index is 0.0639. The monoisotopic (exact) mass is 229 g/mol. The number of nitrogens with zero attached hydrogens (tertiary/aromatic N) is 2. The van der Waals surface area contributed by atoms with Gasteiger partial charge in [-0.2, -0.15) is 0 Å². The molecular formula is C10H19N3O3. The van der Waals surface area contributed by atoms with Gasteiger partial charge in [0.2, 0.25) is 0 Å². The molecule has 1 aliphatic rings. The number of nitrogens with one attached hydrogen (secondary N) is 1. The molecule has 6 heteroatoms. The number of amides is 3. The Morgan fingerprint density at radius 3 is 2.19 bits per heavy atom. The Labute approximate surface area is 95.5 Å². The highest BCUT2D eigenvalue weighted by molar-refractivity contribution is 5.74. The van der Waals surface area contributed by atoms with Crippen molar-refractivity contribution < 1.29 is 14.3 Å². The molecule has 0 unspecified atom stereocenters. The standard InChI is InChI=1S/C10H19N3O3/c1-3-11-9(14)12-5-7-13(8-6-12)10(15)16-4-2/h3-8H2,1-2H3,(H,11,14). The quantitative estimate of drug-likeness (QED) is 0.749. The Morgan fingerprint density at radius 1 is 1.12 bits per heavy atom. The molecule has 0 radical (unpaired) electrons. The lowest BCUT2D eigenvalue weighted by atomic mass is 10.3. The molecular weight excluding hydrogens is 210 g/mol. The van der Waals surface area contributed by atoms with Crippen LogP contribution in [0, 0.1) is 0 Å². The van der Waals surface area contributed by atoms with Crippen LogP contribution in [-0.4, -0.2) is 61.3 Å². The van der Waals surface area contributed by atoms with Crippen molar-refractivity contribution in [1.29, 1.82) is 0 Å². The van der Waals surface area contributed by atoms with Gasteiger partial charge in [-0.1, -0.05) is 0 Å². The summed E-state index contributed by atoms with van der Waals surface area (Å²) in [6, 6.07) is -0.0639. The predicted molar refractivity (Wildman–Crippen MR) is 59.2 cm³/mol. The first-order chi connectivity index (χ1) is 7.69. The third-order valence-corrected chi connectivity index (χ3v) is 2.42. The fraction of sp³-hybridized carbons (Fsp3) is 0.800. The molecule has 0 saturated carbocycles. The second-order valence-electron chi connectivity index (χ2n) is 3.51. The van der Waals surface area contributed by atoms with Crippen LogP contribution in [0.2, 0.25) is 0 Å². The van der Waals surface area contributed by atoms with Gasteiger partial charge in [-0.15, -0.1) is 0 Å². The number of carbonyl (C=O) groups excluding carboxylic acids is 2. The summed E-state index contributed by atoms with van der Waals surface area (Å²) in [5.74, 6) is 0. The fourth-order valence-corrected chi connectivity index (χ4v) is 1.57. The molecule has 16 heavy (non-hydrogen) atoms. The maximum Gasteiger partial charge on any atom is 0.409 e. The van der Waals surface area contributed by atoms with Crippen molar-refractivity contribution in [2.45, 2.75) is 13.8 Å². The van der Waals surface area contributed by atoms with Crippen molar-refractivity contribution in [2.75, 3.05) is 39.3 Å². The van der Waals surface area contributed by atoms with Gasteiger partial charge in [0.15, 0.2) is 0 Å². The van der Waals surface area contributed by atoms with Crippen LogP contribution in [0.5, 0.6) is 0 Å². The number of piperazine rings is 1. The molecule has 1 aliphatic heterocycles. The molecule has 0 aromatic rings. The fourth-order valence-electron chi connectivity index (χ4n) is 1.57. The zero-order valence-corrected chi connectivity index (χ0v) is 9.86. The SMILES string of the molecule is CCNC(=O)N1CCN(C(=O)OCC)CC1. The first-order valence-corrected chi connectivity index (χ1v) is 5.63. The van der Waals surface area contributed by atoms with Crippen molar-refractivity contribution in [1.82, 2.24) is 15.1 Å². The van der Waals surface area contributed by atoms with Gasteiger partial charge < -0.3 is 19.9 Å². The summed E-state index contributed by atoms with van der Waals surface area (Å²) in [4.78, 5) is 26.2. The van der Waals surface area contributed by atoms with E-state index in [1.807, 2.05) is 6.92 Å². The smallest absolute Gasteiger partial charge is 0.409 e. The summed E-state index contributed by atoms with van der Waals surface area (Å²) in [6.07, 6.45) is -0.293. The van der Waals surface area contributed by atoms with Gasteiger partial charge in [0.05, 0.1) is 6.61 Å².